The van der Waals surface area contributed by atoms with Crippen LogP contribution < -0.4 is 5.32 Å². The van der Waals surface area contributed by atoms with Crippen molar-refractivity contribution in [3.8, 4) is 0 Å². The van der Waals surface area contributed by atoms with Crippen LogP contribution in [0.15, 0.2) is 42.7 Å². The van der Waals surface area contributed by atoms with E-state index in [1.54, 1.807) is 10.9 Å². The lowest BCUT2D eigenvalue weighted by atomic mass is 10.1. The fraction of sp³-hybridized carbons (Fsp3) is 0.316. The van der Waals surface area contributed by atoms with Gasteiger partial charge in [-0.05, 0) is 44.0 Å². The van der Waals surface area contributed by atoms with E-state index >= 15 is 0 Å². The first kappa shape index (κ1) is 18.2. The van der Waals surface area contributed by atoms with Crippen molar-refractivity contribution < 1.29 is 4.79 Å². The molecule has 0 fully saturated rings. The van der Waals surface area contributed by atoms with Crippen molar-refractivity contribution in [1.82, 2.24) is 19.6 Å². The first-order valence-electron chi connectivity index (χ1n) is 8.56. The average Bonchev–Trinajstić information content (AvgIpc) is 3.14. The minimum absolute atomic E-state index is 0.115. The summed E-state index contributed by atoms with van der Waals surface area (Å²) in [6.45, 7) is 6.62. The van der Waals surface area contributed by atoms with Crippen LogP contribution in [0.4, 0.5) is 5.69 Å². The molecule has 0 bridgehead atoms. The number of hydrogen-bond donors (Lipinski definition) is 1. The number of hydrogen-bond acceptors (Lipinski definition) is 3. The molecule has 0 radical (unpaired) electrons. The van der Waals surface area contributed by atoms with Gasteiger partial charge in [-0.15, -0.1) is 0 Å². The molecular weight excluding hydrogens is 350 g/mol. The third-order valence-corrected chi connectivity index (χ3v) is 4.40. The lowest BCUT2D eigenvalue weighted by Gasteiger charge is -2.16. The number of nitrogens with zero attached hydrogens (tertiary/aromatic N) is 4. The van der Waals surface area contributed by atoms with E-state index in [-0.39, 0.29) is 5.91 Å². The molecule has 136 valence electrons. The zero-order valence-electron chi connectivity index (χ0n) is 15.1. The Morgan fingerprint density at radius 2 is 2.12 bits per heavy atom. The molecule has 3 rings (SSSR count). The summed E-state index contributed by atoms with van der Waals surface area (Å²) in [7, 11) is 0. The number of aromatic nitrogens is 4. The van der Waals surface area contributed by atoms with Crippen LogP contribution in [0, 0.1) is 13.8 Å². The van der Waals surface area contributed by atoms with Gasteiger partial charge >= 0.3 is 0 Å². The molecule has 0 spiro atoms. The minimum atomic E-state index is -0.401. The molecule has 6 nitrogen and oxygen atoms in total. The summed E-state index contributed by atoms with van der Waals surface area (Å²) in [6.07, 6.45) is 3.82. The number of rotatable bonds is 6. The number of aryl methyl sites for hydroxylation is 2. The molecule has 0 aliphatic heterocycles. The molecule has 26 heavy (non-hydrogen) atoms. The van der Waals surface area contributed by atoms with Crippen LogP contribution in [0.5, 0.6) is 0 Å². The normalized spacial score (nSPS) is 12.2. The van der Waals surface area contributed by atoms with Crippen molar-refractivity contribution in [2.75, 3.05) is 5.32 Å². The van der Waals surface area contributed by atoms with E-state index in [1.165, 1.54) is 6.20 Å². The second-order valence-corrected chi connectivity index (χ2v) is 6.77. The topological polar surface area (TPSA) is 64.7 Å². The monoisotopic (exact) mass is 371 g/mol. The molecule has 0 aliphatic carbocycles. The molecule has 7 heteroatoms. The molecule has 1 unspecified atom stereocenters. The van der Waals surface area contributed by atoms with Gasteiger partial charge in [-0.1, -0.05) is 30.7 Å². The maximum absolute atomic E-state index is 12.6. The number of halogens is 1. The number of carbonyl (C=O) groups is 1. The molecular formula is C19H22ClN5O. The van der Waals surface area contributed by atoms with Gasteiger partial charge in [0.15, 0.2) is 0 Å². The Hall–Kier alpha value is -2.60. The summed E-state index contributed by atoms with van der Waals surface area (Å²) < 4.78 is 3.55. The van der Waals surface area contributed by atoms with Crippen molar-refractivity contribution in [1.29, 1.82) is 0 Å². The van der Waals surface area contributed by atoms with Crippen LogP contribution in [-0.4, -0.2) is 25.5 Å². The summed E-state index contributed by atoms with van der Waals surface area (Å²) in [5.41, 5.74) is 3.93. The maximum atomic E-state index is 12.6. The minimum Gasteiger partial charge on any atom is -0.324 e. The highest BCUT2D eigenvalue weighted by Gasteiger charge is 2.19. The number of nitrogens with one attached hydrogen (secondary N) is 1. The number of amides is 1. The van der Waals surface area contributed by atoms with Crippen LogP contribution in [-0.2, 0) is 11.3 Å². The highest BCUT2D eigenvalue weighted by atomic mass is 35.5. The molecule has 1 amide bonds. The standard InChI is InChI=1S/C19H22ClN5O/c1-4-18(25-12-16(20)10-21-25)19(26)22-17-7-5-6-15(9-17)11-24-14(3)8-13(2)23-24/h5-10,12,18H,4,11H2,1-3H3,(H,22,26). The molecule has 1 aromatic carbocycles. The summed E-state index contributed by atoms with van der Waals surface area (Å²) in [5.74, 6) is -0.115. The highest BCUT2D eigenvalue weighted by Crippen LogP contribution is 2.18. The van der Waals surface area contributed by atoms with Gasteiger partial charge in [0.2, 0.25) is 5.91 Å². The Labute approximate surface area is 157 Å². The predicted octanol–water partition coefficient (Wildman–Crippen LogP) is 3.99. The summed E-state index contributed by atoms with van der Waals surface area (Å²) in [4.78, 5) is 12.6. The Morgan fingerprint density at radius 1 is 1.31 bits per heavy atom. The molecule has 1 N–H and O–H groups in total. The summed E-state index contributed by atoms with van der Waals surface area (Å²) in [6, 6.07) is 9.45. The van der Waals surface area contributed by atoms with Crippen LogP contribution >= 0.6 is 11.6 Å². The second kappa shape index (κ2) is 7.74. The van der Waals surface area contributed by atoms with Crippen LogP contribution in [0.2, 0.25) is 5.02 Å². The lowest BCUT2D eigenvalue weighted by Crippen LogP contribution is -2.26. The van der Waals surface area contributed by atoms with Gasteiger partial charge < -0.3 is 5.32 Å². The van der Waals surface area contributed by atoms with Gasteiger partial charge in [0.05, 0.1) is 23.5 Å². The van der Waals surface area contributed by atoms with Crippen LogP contribution in [0.1, 0.15) is 36.3 Å². The number of carbonyl (C=O) groups excluding carboxylic acids is 1. The van der Waals surface area contributed by atoms with E-state index in [4.69, 9.17) is 11.6 Å². The smallest absolute Gasteiger partial charge is 0.249 e. The maximum Gasteiger partial charge on any atom is 0.249 e. The van der Waals surface area contributed by atoms with E-state index in [1.807, 2.05) is 55.8 Å². The lowest BCUT2D eigenvalue weighted by molar-refractivity contribution is -0.119. The quantitative estimate of drug-likeness (QED) is 0.712. The Balaban J connectivity index is 1.73. The first-order valence-corrected chi connectivity index (χ1v) is 8.94. The SMILES string of the molecule is CCC(C(=O)Nc1cccc(Cn2nc(C)cc2C)c1)n1cc(Cl)cn1. The van der Waals surface area contributed by atoms with Gasteiger partial charge in [-0.3, -0.25) is 14.2 Å². The van der Waals surface area contributed by atoms with Crippen molar-refractivity contribution in [3.63, 3.8) is 0 Å². The van der Waals surface area contributed by atoms with Gasteiger partial charge in [0.1, 0.15) is 6.04 Å². The second-order valence-electron chi connectivity index (χ2n) is 6.34. The summed E-state index contributed by atoms with van der Waals surface area (Å²) >= 11 is 5.92. The Kier molecular flexibility index (Phi) is 5.42. The molecule has 0 saturated carbocycles. The molecule has 1 atom stereocenters. The first-order chi connectivity index (χ1) is 12.5. The molecule has 2 heterocycles. The van der Waals surface area contributed by atoms with Gasteiger partial charge in [-0.2, -0.15) is 10.2 Å². The van der Waals surface area contributed by atoms with Gasteiger partial charge in [-0.25, -0.2) is 0 Å². The van der Waals surface area contributed by atoms with E-state index < -0.39 is 6.04 Å². The molecule has 3 aromatic rings. The Bertz CT molecular complexity index is 914. The largest absolute Gasteiger partial charge is 0.324 e. The highest BCUT2D eigenvalue weighted by molar-refractivity contribution is 6.30. The number of anilines is 1. The third-order valence-electron chi connectivity index (χ3n) is 4.21. The van der Waals surface area contributed by atoms with Crippen molar-refractivity contribution in [2.24, 2.45) is 0 Å². The van der Waals surface area contributed by atoms with E-state index in [2.05, 4.69) is 15.5 Å². The van der Waals surface area contributed by atoms with Crippen LogP contribution in [0.3, 0.4) is 0 Å². The third kappa shape index (κ3) is 4.14. The Morgan fingerprint density at radius 3 is 2.73 bits per heavy atom. The number of benzene rings is 1. The molecule has 0 saturated heterocycles. The summed E-state index contributed by atoms with van der Waals surface area (Å²) in [5, 5.41) is 12.1. The predicted molar refractivity (Wildman–Crippen MR) is 102 cm³/mol. The molecule has 0 aliphatic rings. The van der Waals surface area contributed by atoms with Crippen molar-refractivity contribution in [2.45, 2.75) is 39.8 Å². The van der Waals surface area contributed by atoms with Crippen LogP contribution in [0.25, 0.3) is 0 Å². The van der Waals surface area contributed by atoms with E-state index in [9.17, 15) is 4.79 Å². The van der Waals surface area contributed by atoms with Gasteiger partial charge in [0.25, 0.3) is 0 Å². The zero-order chi connectivity index (χ0) is 18.7. The van der Waals surface area contributed by atoms with Gasteiger partial charge in [0, 0.05) is 17.6 Å². The fourth-order valence-electron chi connectivity index (χ4n) is 2.96. The zero-order valence-corrected chi connectivity index (χ0v) is 15.9. The van der Waals surface area contributed by atoms with Crippen molar-refractivity contribution in [3.05, 3.63) is 64.7 Å². The van der Waals surface area contributed by atoms with E-state index in [0.717, 1.165) is 22.6 Å². The van der Waals surface area contributed by atoms with E-state index in [0.29, 0.717) is 18.0 Å². The van der Waals surface area contributed by atoms with Crippen molar-refractivity contribution >= 4 is 23.2 Å². The average molecular weight is 372 g/mol. The molecule has 2 aromatic heterocycles. The fourth-order valence-corrected chi connectivity index (χ4v) is 3.10.